The highest BCUT2D eigenvalue weighted by Gasteiger charge is 2.20. The average Bonchev–Trinajstić information content (AvgIpc) is 2.74. The molecule has 18 heavy (non-hydrogen) atoms. The Bertz CT molecular complexity index is 476. The molecule has 2 heterocycles. The van der Waals surface area contributed by atoms with Crippen LogP contribution in [0, 0.1) is 12.8 Å². The van der Waals surface area contributed by atoms with E-state index in [0.717, 1.165) is 30.8 Å². The van der Waals surface area contributed by atoms with Gasteiger partial charge in [-0.1, -0.05) is 0 Å². The minimum absolute atomic E-state index is 0.240. The number of thiophene rings is 1. The number of rotatable bonds is 5. The molecule has 0 radical (unpaired) electrons. The average molecular weight is 288 g/mol. The number of aryl methyl sites for hydroxylation is 1. The summed E-state index contributed by atoms with van der Waals surface area (Å²) in [6, 6.07) is 3.99. The third-order valence-corrected chi connectivity index (χ3v) is 5.61. The van der Waals surface area contributed by atoms with Crippen LogP contribution in [0.2, 0.25) is 0 Å². The molecule has 1 atom stereocenters. The lowest BCUT2D eigenvalue weighted by molar-refractivity contribution is 0.402. The van der Waals surface area contributed by atoms with Gasteiger partial charge in [0.1, 0.15) is 0 Å². The Morgan fingerprint density at radius 1 is 1.50 bits per heavy atom. The number of sulfonamides is 1. The van der Waals surface area contributed by atoms with Crippen LogP contribution in [0.15, 0.2) is 12.1 Å². The predicted octanol–water partition coefficient (Wildman–Crippen LogP) is 1.48. The lowest BCUT2D eigenvalue weighted by atomic mass is 10.0. The van der Waals surface area contributed by atoms with Crippen LogP contribution < -0.4 is 10.0 Å². The van der Waals surface area contributed by atoms with Crippen molar-refractivity contribution in [2.24, 2.45) is 5.92 Å². The molecule has 0 amide bonds. The van der Waals surface area contributed by atoms with E-state index in [4.69, 9.17) is 0 Å². The lowest BCUT2D eigenvalue weighted by Gasteiger charge is -2.22. The largest absolute Gasteiger partial charge is 0.316 e. The fourth-order valence-electron chi connectivity index (χ4n) is 2.20. The molecule has 1 saturated heterocycles. The van der Waals surface area contributed by atoms with Gasteiger partial charge < -0.3 is 5.32 Å². The van der Waals surface area contributed by atoms with Crippen molar-refractivity contribution in [1.82, 2.24) is 10.0 Å². The zero-order valence-corrected chi connectivity index (χ0v) is 12.2. The summed E-state index contributed by atoms with van der Waals surface area (Å²) in [6.07, 6.45) is 2.08. The Kier molecular flexibility index (Phi) is 4.77. The van der Waals surface area contributed by atoms with Crippen LogP contribution in [0.4, 0.5) is 0 Å². The first kappa shape index (κ1) is 14.0. The van der Waals surface area contributed by atoms with Crippen LogP contribution in [0.25, 0.3) is 0 Å². The summed E-state index contributed by atoms with van der Waals surface area (Å²) in [4.78, 5) is 2.28. The van der Waals surface area contributed by atoms with Crippen molar-refractivity contribution in [3.8, 4) is 0 Å². The van der Waals surface area contributed by atoms with E-state index in [2.05, 4.69) is 10.0 Å². The van der Waals surface area contributed by atoms with Gasteiger partial charge >= 0.3 is 0 Å². The molecule has 6 heteroatoms. The maximum Gasteiger partial charge on any atom is 0.212 e. The van der Waals surface area contributed by atoms with E-state index >= 15 is 0 Å². The van der Waals surface area contributed by atoms with Crippen LogP contribution in [-0.2, 0) is 16.6 Å². The van der Waals surface area contributed by atoms with Crippen molar-refractivity contribution in [3.05, 3.63) is 21.9 Å². The standard InChI is InChI=1S/C12H20N2O2S2/c1-10-4-5-12(17-10)8-14-18(15,16)9-11-3-2-6-13-7-11/h4-5,11,13-14H,2-3,6-9H2,1H3. The summed E-state index contributed by atoms with van der Waals surface area (Å²) >= 11 is 1.64. The zero-order valence-electron chi connectivity index (χ0n) is 10.6. The predicted molar refractivity (Wildman–Crippen MR) is 75.3 cm³/mol. The van der Waals surface area contributed by atoms with Gasteiger partial charge in [0.25, 0.3) is 0 Å². The molecule has 1 unspecified atom stereocenters. The molecule has 1 aliphatic rings. The van der Waals surface area contributed by atoms with Gasteiger partial charge in [-0.25, -0.2) is 13.1 Å². The Morgan fingerprint density at radius 2 is 2.33 bits per heavy atom. The highest BCUT2D eigenvalue weighted by molar-refractivity contribution is 7.89. The fourth-order valence-corrected chi connectivity index (χ4v) is 4.52. The second-order valence-electron chi connectivity index (χ2n) is 4.83. The first-order valence-electron chi connectivity index (χ1n) is 6.28. The first-order valence-corrected chi connectivity index (χ1v) is 8.75. The van der Waals surface area contributed by atoms with E-state index in [1.165, 1.54) is 4.88 Å². The van der Waals surface area contributed by atoms with Crippen molar-refractivity contribution >= 4 is 21.4 Å². The third kappa shape index (κ3) is 4.35. The normalized spacial score (nSPS) is 21.1. The molecule has 2 N–H and O–H groups in total. The van der Waals surface area contributed by atoms with E-state index in [0.29, 0.717) is 6.54 Å². The smallest absolute Gasteiger partial charge is 0.212 e. The van der Waals surface area contributed by atoms with Crippen molar-refractivity contribution in [2.75, 3.05) is 18.8 Å². The minimum atomic E-state index is -3.15. The van der Waals surface area contributed by atoms with E-state index in [-0.39, 0.29) is 11.7 Å². The quantitative estimate of drug-likeness (QED) is 0.863. The van der Waals surface area contributed by atoms with Crippen molar-refractivity contribution in [1.29, 1.82) is 0 Å². The number of hydrogen-bond acceptors (Lipinski definition) is 4. The summed E-state index contributed by atoms with van der Waals surface area (Å²) in [7, 11) is -3.15. The van der Waals surface area contributed by atoms with E-state index < -0.39 is 10.0 Å². The van der Waals surface area contributed by atoms with E-state index in [1.54, 1.807) is 11.3 Å². The molecule has 1 fully saturated rings. The highest BCUT2D eigenvalue weighted by atomic mass is 32.2. The highest BCUT2D eigenvalue weighted by Crippen LogP contribution is 2.16. The summed E-state index contributed by atoms with van der Waals surface area (Å²) in [5.41, 5.74) is 0. The van der Waals surface area contributed by atoms with Gasteiger partial charge in [0.15, 0.2) is 0 Å². The molecular weight excluding hydrogens is 268 g/mol. The van der Waals surface area contributed by atoms with Gasteiger partial charge in [-0.2, -0.15) is 0 Å². The van der Waals surface area contributed by atoms with Gasteiger partial charge in [0, 0.05) is 16.3 Å². The topological polar surface area (TPSA) is 58.2 Å². The molecule has 0 aromatic carbocycles. The molecule has 2 rings (SSSR count). The number of piperidine rings is 1. The van der Waals surface area contributed by atoms with Crippen LogP contribution in [0.3, 0.4) is 0 Å². The molecule has 4 nitrogen and oxygen atoms in total. The summed E-state index contributed by atoms with van der Waals surface area (Å²) in [5.74, 6) is 0.492. The molecule has 0 aliphatic carbocycles. The monoisotopic (exact) mass is 288 g/mol. The maximum atomic E-state index is 11.9. The molecule has 0 spiro atoms. The van der Waals surface area contributed by atoms with Crippen molar-refractivity contribution in [3.63, 3.8) is 0 Å². The summed E-state index contributed by atoms with van der Waals surface area (Å²) in [6.45, 7) is 4.27. The molecule has 0 bridgehead atoms. The van der Waals surface area contributed by atoms with Gasteiger partial charge in [0.2, 0.25) is 10.0 Å². The molecule has 0 saturated carbocycles. The number of hydrogen-bond donors (Lipinski definition) is 2. The zero-order chi connectivity index (χ0) is 13.0. The lowest BCUT2D eigenvalue weighted by Crippen LogP contribution is -2.37. The third-order valence-electron chi connectivity index (χ3n) is 3.12. The Morgan fingerprint density at radius 3 is 2.94 bits per heavy atom. The molecular formula is C12H20N2O2S2. The van der Waals surface area contributed by atoms with Gasteiger partial charge in [-0.15, -0.1) is 11.3 Å². The Balaban J connectivity index is 1.83. The van der Waals surface area contributed by atoms with Crippen molar-refractivity contribution in [2.45, 2.75) is 26.3 Å². The van der Waals surface area contributed by atoms with Crippen LogP contribution in [0.1, 0.15) is 22.6 Å². The maximum absolute atomic E-state index is 11.9. The number of nitrogens with one attached hydrogen (secondary N) is 2. The Hall–Kier alpha value is -0.430. The van der Waals surface area contributed by atoms with Crippen LogP contribution >= 0.6 is 11.3 Å². The van der Waals surface area contributed by atoms with Crippen LogP contribution in [0.5, 0.6) is 0 Å². The molecule has 1 aliphatic heterocycles. The summed E-state index contributed by atoms with van der Waals surface area (Å²) < 4.78 is 26.6. The SMILES string of the molecule is Cc1ccc(CNS(=O)(=O)CC2CCCNC2)s1. The van der Waals surface area contributed by atoms with Crippen molar-refractivity contribution < 1.29 is 8.42 Å². The second kappa shape index (κ2) is 6.14. The first-order chi connectivity index (χ1) is 8.55. The minimum Gasteiger partial charge on any atom is -0.316 e. The molecule has 1 aromatic heterocycles. The van der Waals surface area contributed by atoms with Gasteiger partial charge in [-0.3, -0.25) is 0 Å². The second-order valence-corrected chi connectivity index (χ2v) is 8.05. The Labute approximate surface area is 113 Å². The van der Waals surface area contributed by atoms with Crippen LogP contribution in [-0.4, -0.2) is 27.3 Å². The van der Waals surface area contributed by atoms with Gasteiger partial charge in [0.05, 0.1) is 5.75 Å². The van der Waals surface area contributed by atoms with E-state index in [1.807, 2.05) is 19.1 Å². The molecule has 1 aromatic rings. The van der Waals surface area contributed by atoms with Gasteiger partial charge in [-0.05, 0) is 50.9 Å². The summed E-state index contributed by atoms with van der Waals surface area (Å²) in [5, 5.41) is 3.24. The van der Waals surface area contributed by atoms with E-state index in [9.17, 15) is 8.42 Å². The fraction of sp³-hybridized carbons (Fsp3) is 0.667. The molecule has 102 valence electrons.